The lowest BCUT2D eigenvalue weighted by Crippen LogP contribution is -2.41. The second-order valence-corrected chi connectivity index (χ2v) is 6.98. The molecule has 94 valence electrons. The Kier molecular flexibility index (Phi) is 5.43. The van der Waals surface area contributed by atoms with Crippen molar-refractivity contribution >= 4 is 10.0 Å². The Morgan fingerprint density at radius 1 is 1.38 bits per heavy atom. The van der Waals surface area contributed by atoms with Gasteiger partial charge in [-0.1, -0.05) is 34.6 Å². The quantitative estimate of drug-likeness (QED) is 0.778. The molecule has 1 N–H and O–H groups in total. The van der Waals surface area contributed by atoms with Gasteiger partial charge in [0.2, 0.25) is 10.0 Å². The van der Waals surface area contributed by atoms with Crippen LogP contribution in [0.1, 0.15) is 41.0 Å². The van der Waals surface area contributed by atoms with E-state index < -0.39 is 15.3 Å². The van der Waals surface area contributed by atoms with E-state index in [0.29, 0.717) is 18.9 Å². The van der Waals surface area contributed by atoms with E-state index in [0.717, 1.165) is 0 Å². The molecule has 0 spiro atoms. The fourth-order valence-corrected chi connectivity index (χ4v) is 2.32. The third-order valence-corrected chi connectivity index (χ3v) is 4.92. The summed E-state index contributed by atoms with van der Waals surface area (Å²) in [6, 6.07) is 1.81. The van der Waals surface area contributed by atoms with Gasteiger partial charge in [0, 0.05) is 6.54 Å². The molecule has 0 aliphatic heterocycles. The van der Waals surface area contributed by atoms with E-state index in [2.05, 4.69) is 18.6 Å². The Balaban J connectivity index is 4.59. The van der Waals surface area contributed by atoms with Crippen molar-refractivity contribution in [3.63, 3.8) is 0 Å². The van der Waals surface area contributed by atoms with Crippen LogP contribution in [0.2, 0.25) is 0 Å². The molecule has 0 aromatic carbocycles. The molecule has 0 aromatic heterocycles. The van der Waals surface area contributed by atoms with Crippen LogP contribution in [0.25, 0.3) is 0 Å². The van der Waals surface area contributed by atoms with E-state index in [1.54, 1.807) is 6.92 Å². The molecule has 0 amide bonds. The number of nitrogens with one attached hydrogen (secondary N) is 1. The molecule has 1 unspecified atom stereocenters. The van der Waals surface area contributed by atoms with Gasteiger partial charge in [-0.3, -0.25) is 0 Å². The van der Waals surface area contributed by atoms with Gasteiger partial charge in [-0.05, 0) is 17.8 Å². The number of hydrogen-bond donors (Lipinski definition) is 1. The molecular weight excluding hydrogens is 224 g/mol. The van der Waals surface area contributed by atoms with Crippen molar-refractivity contribution in [2.45, 2.75) is 46.3 Å². The van der Waals surface area contributed by atoms with Gasteiger partial charge in [0.15, 0.2) is 5.25 Å². The van der Waals surface area contributed by atoms with Crippen LogP contribution >= 0.6 is 0 Å². The molecule has 0 saturated heterocycles. The Morgan fingerprint density at radius 2 is 1.88 bits per heavy atom. The van der Waals surface area contributed by atoms with Crippen LogP contribution in [0.5, 0.6) is 0 Å². The summed E-state index contributed by atoms with van der Waals surface area (Å²) < 4.78 is 26.0. The van der Waals surface area contributed by atoms with E-state index in [4.69, 9.17) is 5.26 Å². The minimum atomic E-state index is -3.50. The average Bonchev–Trinajstić information content (AvgIpc) is 2.16. The standard InChI is InChI=1S/C11H22N2O2S/c1-6-10(7-12)16(14,15)13-8-11(4,5)9(2)3/h9-10,13H,6,8H2,1-5H3. The van der Waals surface area contributed by atoms with Gasteiger partial charge in [0.05, 0.1) is 6.07 Å². The summed E-state index contributed by atoms with van der Waals surface area (Å²) in [6.07, 6.45) is 0.313. The van der Waals surface area contributed by atoms with E-state index in [1.165, 1.54) is 0 Å². The molecule has 0 aliphatic carbocycles. The Hall–Kier alpha value is -0.600. The predicted molar refractivity (Wildman–Crippen MR) is 65.2 cm³/mol. The van der Waals surface area contributed by atoms with Gasteiger partial charge < -0.3 is 0 Å². The minimum absolute atomic E-state index is 0.110. The van der Waals surface area contributed by atoms with Gasteiger partial charge in [0.25, 0.3) is 0 Å². The van der Waals surface area contributed by atoms with Crippen molar-refractivity contribution in [3.8, 4) is 6.07 Å². The van der Waals surface area contributed by atoms with E-state index in [1.807, 2.05) is 19.9 Å². The smallest absolute Gasteiger partial charge is 0.214 e. The zero-order chi connectivity index (χ0) is 13.0. The van der Waals surface area contributed by atoms with Crippen LogP contribution in [-0.4, -0.2) is 20.2 Å². The van der Waals surface area contributed by atoms with Crippen LogP contribution in [-0.2, 0) is 10.0 Å². The second kappa shape index (κ2) is 5.65. The summed E-state index contributed by atoms with van der Waals surface area (Å²) in [4.78, 5) is 0. The largest absolute Gasteiger partial charge is 0.227 e. The Bertz CT molecular complexity index is 353. The van der Waals surface area contributed by atoms with E-state index >= 15 is 0 Å². The highest BCUT2D eigenvalue weighted by Crippen LogP contribution is 2.25. The number of nitriles is 1. The van der Waals surface area contributed by atoms with Crippen molar-refractivity contribution in [1.82, 2.24) is 4.72 Å². The molecule has 0 aromatic rings. The summed E-state index contributed by atoms with van der Waals surface area (Å²) in [6.45, 7) is 10.2. The number of sulfonamides is 1. The lowest BCUT2D eigenvalue weighted by atomic mass is 9.81. The molecule has 4 nitrogen and oxygen atoms in total. The molecule has 0 bridgehead atoms. The number of rotatable bonds is 6. The summed E-state index contributed by atoms with van der Waals surface area (Å²) in [5, 5.41) is 7.78. The van der Waals surface area contributed by atoms with Crippen LogP contribution in [0, 0.1) is 22.7 Å². The molecule has 1 atom stereocenters. The molecular formula is C11H22N2O2S. The minimum Gasteiger partial charge on any atom is -0.214 e. The van der Waals surface area contributed by atoms with Gasteiger partial charge in [0.1, 0.15) is 0 Å². The molecule has 0 aliphatic rings. The van der Waals surface area contributed by atoms with Crippen molar-refractivity contribution in [2.75, 3.05) is 6.54 Å². The highest BCUT2D eigenvalue weighted by atomic mass is 32.2. The maximum atomic E-state index is 11.7. The summed E-state index contributed by atoms with van der Waals surface area (Å²) >= 11 is 0. The number of hydrogen-bond acceptors (Lipinski definition) is 3. The van der Waals surface area contributed by atoms with Crippen molar-refractivity contribution in [2.24, 2.45) is 11.3 Å². The van der Waals surface area contributed by atoms with Gasteiger partial charge in [-0.2, -0.15) is 5.26 Å². The first-order chi connectivity index (χ1) is 7.17. The molecule has 5 heteroatoms. The third-order valence-electron chi connectivity index (χ3n) is 3.18. The van der Waals surface area contributed by atoms with Crippen molar-refractivity contribution in [1.29, 1.82) is 5.26 Å². The molecule has 0 saturated carbocycles. The van der Waals surface area contributed by atoms with Crippen molar-refractivity contribution in [3.05, 3.63) is 0 Å². The number of nitrogens with zero attached hydrogens (tertiary/aromatic N) is 1. The topological polar surface area (TPSA) is 70.0 Å². The highest BCUT2D eigenvalue weighted by Gasteiger charge is 2.28. The first-order valence-electron chi connectivity index (χ1n) is 5.55. The molecule has 0 heterocycles. The van der Waals surface area contributed by atoms with Gasteiger partial charge >= 0.3 is 0 Å². The zero-order valence-corrected chi connectivity index (χ0v) is 11.6. The molecule has 16 heavy (non-hydrogen) atoms. The molecule has 0 rings (SSSR count). The first-order valence-corrected chi connectivity index (χ1v) is 7.10. The average molecular weight is 246 g/mol. The second-order valence-electron chi connectivity index (χ2n) is 5.04. The SMILES string of the molecule is CCC(C#N)S(=O)(=O)NCC(C)(C)C(C)C. The highest BCUT2D eigenvalue weighted by molar-refractivity contribution is 7.90. The maximum absolute atomic E-state index is 11.7. The van der Waals surface area contributed by atoms with Crippen LogP contribution < -0.4 is 4.72 Å². The first kappa shape index (κ1) is 15.4. The monoisotopic (exact) mass is 246 g/mol. The lowest BCUT2D eigenvalue weighted by molar-refractivity contribution is 0.252. The molecule has 0 radical (unpaired) electrons. The molecule has 0 fully saturated rings. The lowest BCUT2D eigenvalue weighted by Gasteiger charge is -2.29. The Morgan fingerprint density at radius 3 is 2.19 bits per heavy atom. The fourth-order valence-electron chi connectivity index (χ4n) is 0.971. The zero-order valence-electron chi connectivity index (χ0n) is 10.7. The van der Waals surface area contributed by atoms with E-state index in [9.17, 15) is 8.42 Å². The third kappa shape index (κ3) is 4.11. The predicted octanol–water partition coefficient (Wildman–Crippen LogP) is 1.89. The van der Waals surface area contributed by atoms with E-state index in [-0.39, 0.29) is 5.41 Å². The normalized spacial score (nSPS) is 14.8. The van der Waals surface area contributed by atoms with Crippen LogP contribution in [0.4, 0.5) is 0 Å². The van der Waals surface area contributed by atoms with Crippen LogP contribution in [0.15, 0.2) is 0 Å². The summed E-state index contributed by atoms with van der Waals surface area (Å²) in [5.74, 6) is 0.373. The van der Waals surface area contributed by atoms with Gasteiger partial charge in [-0.15, -0.1) is 0 Å². The van der Waals surface area contributed by atoms with Crippen LogP contribution in [0.3, 0.4) is 0 Å². The Labute approximate surface area is 99.1 Å². The van der Waals surface area contributed by atoms with Crippen molar-refractivity contribution < 1.29 is 8.42 Å². The van der Waals surface area contributed by atoms with Gasteiger partial charge in [-0.25, -0.2) is 13.1 Å². The fraction of sp³-hybridized carbons (Fsp3) is 0.909. The summed E-state index contributed by atoms with van der Waals surface area (Å²) in [7, 11) is -3.50. The summed E-state index contributed by atoms with van der Waals surface area (Å²) in [5.41, 5.74) is -0.110. The maximum Gasteiger partial charge on any atom is 0.227 e.